The standard InChI is InChI=1S/C38H49N11O6/c1-24(2)18-38(16-17-50)22-37(3,55-49(38)20-25-8-6-5-7-9-25)23-42-47-30(51)15-14-29(35(53)54)44-34(52)26-10-12-28(13-11-26)48(4)21-27-19-41-33-31(43-27)32(39)45-36(40)46-33/h5-13,19,23-24,29,50H,14-18,20-22H2,1-4H3,(H,44,52)(H,47,51)(H,53,54)(H4,39,40,41,45,46)/t29-,37+,38+/m0/s1. The van der Waals surface area contributed by atoms with Crippen molar-refractivity contribution in [2.24, 2.45) is 11.0 Å². The molecule has 2 amide bonds. The maximum absolute atomic E-state index is 13.0. The number of carbonyl (C=O) groups excluding carboxylic acids is 2. The minimum Gasteiger partial charge on any atom is -0.480 e. The summed E-state index contributed by atoms with van der Waals surface area (Å²) in [5, 5.41) is 28.5. The number of fused-ring (bicyclic) bond motifs is 1. The SMILES string of the molecule is CC(C)C[C@]1(CCO)C[C@](C)(C=NNC(=O)CC[C@H](NC(=O)c2ccc(N(C)Cc3cnc4nc(N)nc(N)c4n3)cc2)C(=O)O)ON1Cc1ccccc1. The van der Waals surface area contributed by atoms with Crippen molar-refractivity contribution in [3.8, 4) is 0 Å². The molecule has 2 aromatic heterocycles. The molecular weight excluding hydrogens is 706 g/mol. The molecule has 1 fully saturated rings. The summed E-state index contributed by atoms with van der Waals surface area (Å²) in [6.07, 6.45) is 4.56. The number of amides is 2. The molecule has 17 nitrogen and oxygen atoms in total. The highest BCUT2D eigenvalue weighted by molar-refractivity contribution is 5.97. The van der Waals surface area contributed by atoms with Crippen LogP contribution < -0.4 is 27.1 Å². The highest BCUT2D eigenvalue weighted by Gasteiger charge is 2.52. The van der Waals surface area contributed by atoms with Gasteiger partial charge in [0.05, 0.1) is 30.2 Å². The molecule has 1 saturated heterocycles. The number of carboxylic acid groups (broad SMARTS) is 1. The number of benzene rings is 2. The first-order valence-corrected chi connectivity index (χ1v) is 18.0. The van der Waals surface area contributed by atoms with Gasteiger partial charge in [0.15, 0.2) is 17.0 Å². The third-order valence-corrected chi connectivity index (χ3v) is 9.32. The molecule has 0 radical (unpaired) electrons. The van der Waals surface area contributed by atoms with Gasteiger partial charge in [-0.25, -0.2) is 20.2 Å². The van der Waals surface area contributed by atoms with Crippen LogP contribution in [0.3, 0.4) is 0 Å². The number of aliphatic carboxylic acids is 1. The minimum absolute atomic E-state index is 0.00911. The molecule has 2 aromatic carbocycles. The number of hydrogen-bond acceptors (Lipinski definition) is 14. The number of hydrogen-bond donors (Lipinski definition) is 6. The van der Waals surface area contributed by atoms with Crippen LogP contribution in [0.15, 0.2) is 65.9 Å². The van der Waals surface area contributed by atoms with E-state index in [1.807, 2.05) is 54.3 Å². The van der Waals surface area contributed by atoms with E-state index in [0.717, 1.165) is 17.7 Å². The second kappa shape index (κ2) is 17.6. The van der Waals surface area contributed by atoms with Crippen molar-refractivity contribution in [2.75, 3.05) is 30.0 Å². The molecular formula is C38H49N11O6. The van der Waals surface area contributed by atoms with Crippen molar-refractivity contribution in [3.63, 3.8) is 0 Å². The first-order chi connectivity index (χ1) is 26.2. The lowest BCUT2D eigenvalue weighted by Gasteiger charge is -2.37. The van der Waals surface area contributed by atoms with Gasteiger partial charge in [-0.2, -0.15) is 20.1 Å². The van der Waals surface area contributed by atoms with Crippen LogP contribution in [0.1, 0.15) is 74.5 Å². The van der Waals surface area contributed by atoms with Crippen LogP contribution in [0.5, 0.6) is 0 Å². The maximum Gasteiger partial charge on any atom is 0.326 e. The number of nitrogens with two attached hydrogens (primary N) is 2. The number of anilines is 3. The van der Waals surface area contributed by atoms with E-state index in [1.54, 1.807) is 30.5 Å². The summed E-state index contributed by atoms with van der Waals surface area (Å²) in [6, 6.07) is 15.2. The normalized spacial score (nSPS) is 19.2. The fourth-order valence-electron chi connectivity index (χ4n) is 6.93. The molecule has 1 aliphatic rings. The number of hydrazone groups is 1. The van der Waals surface area contributed by atoms with Crippen molar-refractivity contribution in [1.29, 1.82) is 0 Å². The molecule has 55 heavy (non-hydrogen) atoms. The fraction of sp³-hybridized carbons (Fsp3) is 0.421. The molecule has 17 heteroatoms. The van der Waals surface area contributed by atoms with Crippen LogP contribution in [-0.2, 0) is 27.5 Å². The van der Waals surface area contributed by atoms with E-state index in [2.05, 4.69) is 49.6 Å². The van der Waals surface area contributed by atoms with Crippen LogP contribution in [0.2, 0.25) is 0 Å². The highest BCUT2D eigenvalue weighted by atomic mass is 16.7. The van der Waals surface area contributed by atoms with Crippen LogP contribution >= 0.6 is 0 Å². The predicted octanol–water partition coefficient (Wildman–Crippen LogP) is 3.05. The summed E-state index contributed by atoms with van der Waals surface area (Å²) in [7, 11) is 1.83. The molecule has 0 unspecified atom stereocenters. The Morgan fingerprint density at radius 3 is 2.49 bits per heavy atom. The largest absolute Gasteiger partial charge is 0.480 e. The topological polar surface area (TPSA) is 247 Å². The van der Waals surface area contributed by atoms with Crippen LogP contribution in [0.25, 0.3) is 11.2 Å². The Hall–Kier alpha value is -5.78. The average Bonchev–Trinajstić information content (AvgIpc) is 3.39. The van der Waals surface area contributed by atoms with Crippen LogP contribution in [-0.4, -0.2) is 90.0 Å². The number of nitrogens with zero attached hydrogens (tertiary/aromatic N) is 7. The molecule has 0 saturated carbocycles. The number of aliphatic hydroxyl groups is 1. The fourth-order valence-corrected chi connectivity index (χ4v) is 6.93. The van der Waals surface area contributed by atoms with Gasteiger partial charge in [-0.15, -0.1) is 0 Å². The van der Waals surface area contributed by atoms with E-state index in [1.165, 1.54) is 6.21 Å². The zero-order valence-electron chi connectivity index (χ0n) is 31.5. The van der Waals surface area contributed by atoms with Gasteiger partial charge in [0.25, 0.3) is 5.91 Å². The summed E-state index contributed by atoms with van der Waals surface area (Å²) in [6.45, 7) is 6.99. The second-order valence-corrected chi connectivity index (χ2v) is 14.5. The van der Waals surface area contributed by atoms with Gasteiger partial charge < -0.3 is 31.9 Å². The summed E-state index contributed by atoms with van der Waals surface area (Å²) >= 11 is 0. The van der Waals surface area contributed by atoms with Gasteiger partial charge in [0.1, 0.15) is 11.6 Å². The Morgan fingerprint density at radius 2 is 1.82 bits per heavy atom. The number of carbonyl (C=O) groups is 3. The van der Waals surface area contributed by atoms with E-state index in [-0.39, 0.29) is 36.8 Å². The zero-order chi connectivity index (χ0) is 39.8. The molecule has 1 aliphatic heterocycles. The highest BCUT2D eigenvalue weighted by Crippen LogP contribution is 2.44. The first kappa shape index (κ1) is 40.4. The van der Waals surface area contributed by atoms with E-state index in [4.69, 9.17) is 16.3 Å². The van der Waals surface area contributed by atoms with Gasteiger partial charge in [-0.1, -0.05) is 44.2 Å². The van der Waals surface area contributed by atoms with E-state index < -0.39 is 35.0 Å². The summed E-state index contributed by atoms with van der Waals surface area (Å²) in [4.78, 5) is 62.9. The van der Waals surface area contributed by atoms with Gasteiger partial charge in [-0.3, -0.25) is 14.4 Å². The van der Waals surface area contributed by atoms with E-state index in [0.29, 0.717) is 48.7 Å². The third kappa shape index (κ3) is 10.5. The maximum atomic E-state index is 13.0. The van der Waals surface area contributed by atoms with Crippen LogP contribution in [0.4, 0.5) is 17.5 Å². The Balaban J connectivity index is 1.14. The molecule has 292 valence electrons. The Labute approximate surface area is 319 Å². The minimum atomic E-state index is -1.32. The number of aliphatic hydroxyl groups excluding tert-OH is 1. The number of nitrogens with one attached hydrogen (secondary N) is 2. The quantitative estimate of drug-likeness (QED) is 0.0670. The molecule has 5 rings (SSSR count). The summed E-state index contributed by atoms with van der Waals surface area (Å²) < 4.78 is 0. The zero-order valence-corrected chi connectivity index (χ0v) is 31.5. The lowest BCUT2D eigenvalue weighted by molar-refractivity contribution is -0.211. The molecule has 0 spiro atoms. The van der Waals surface area contributed by atoms with Crippen molar-refractivity contribution in [3.05, 3.63) is 77.6 Å². The van der Waals surface area contributed by atoms with Crippen molar-refractivity contribution >= 4 is 52.6 Å². The summed E-state index contributed by atoms with van der Waals surface area (Å²) in [5.74, 6) is -1.93. The van der Waals surface area contributed by atoms with Crippen molar-refractivity contribution in [1.82, 2.24) is 35.7 Å². The number of nitrogen functional groups attached to an aromatic ring is 2. The molecule has 0 bridgehead atoms. The molecule has 3 heterocycles. The smallest absolute Gasteiger partial charge is 0.326 e. The number of carboxylic acids is 1. The molecule has 4 aromatic rings. The first-order valence-electron chi connectivity index (χ1n) is 18.0. The van der Waals surface area contributed by atoms with Crippen molar-refractivity contribution < 1.29 is 29.4 Å². The lowest BCUT2D eigenvalue weighted by atomic mass is 9.78. The van der Waals surface area contributed by atoms with Gasteiger partial charge in [0, 0.05) is 44.3 Å². The average molecular weight is 756 g/mol. The van der Waals surface area contributed by atoms with Gasteiger partial charge in [-0.05, 0) is 61.9 Å². The van der Waals surface area contributed by atoms with E-state index in [9.17, 15) is 24.6 Å². The second-order valence-electron chi connectivity index (χ2n) is 14.5. The van der Waals surface area contributed by atoms with Gasteiger partial charge >= 0.3 is 5.97 Å². The molecule has 8 N–H and O–H groups in total. The Morgan fingerprint density at radius 1 is 1.09 bits per heavy atom. The molecule has 0 aliphatic carbocycles. The monoisotopic (exact) mass is 755 g/mol. The predicted molar refractivity (Wildman–Crippen MR) is 207 cm³/mol. The Kier molecular flexibility index (Phi) is 12.9. The number of hydroxylamine groups is 2. The number of aromatic nitrogens is 4. The van der Waals surface area contributed by atoms with Crippen LogP contribution in [0, 0.1) is 5.92 Å². The Bertz CT molecular complexity index is 2000. The third-order valence-electron chi connectivity index (χ3n) is 9.32. The summed E-state index contributed by atoms with van der Waals surface area (Å²) in [5.41, 5.74) is 16.0. The number of rotatable bonds is 17. The lowest BCUT2D eigenvalue weighted by Crippen LogP contribution is -2.44. The van der Waals surface area contributed by atoms with Crippen molar-refractivity contribution in [2.45, 2.75) is 83.1 Å². The molecule has 3 atom stereocenters. The van der Waals surface area contributed by atoms with E-state index >= 15 is 0 Å². The van der Waals surface area contributed by atoms with Gasteiger partial charge in [0.2, 0.25) is 11.9 Å².